The molecule has 0 aliphatic rings. The van der Waals surface area contributed by atoms with Crippen molar-refractivity contribution < 1.29 is 14.3 Å². The van der Waals surface area contributed by atoms with Crippen molar-refractivity contribution in [1.82, 2.24) is 0 Å². The van der Waals surface area contributed by atoms with Crippen LogP contribution < -0.4 is 0 Å². The van der Waals surface area contributed by atoms with Gasteiger partial charge >= 0.3 is 5.97 Å². The Balaban J connectivity index is 3.73. The first-order chi connectivity index (χ1) is 4.74. The number of esters is 1. The molecule has 0 rings (SSSR count). The van der Waals surface area contributed by atoms with Crippen molar-refractivity contribution >= 4 is 5.97 Å². The van der Waals surface area contributed by atoms with E-state index in [1.165, 1.54) is 13.2 Å². The molecule has 0 amide bonds. The summed E-state index contributed by atoms with van der Waals surface area (Å²) in [6.07, 6.45) is 1.77. The summed E-state index contributed by atoms with van der Waals surface area (Å²) in [5.74, 6) is -0.522. The van der Waals surface area contributed by atoms with Gasteiger partial charge in [0.2, 0.25) is 6.29 Å². The molecule has 0 spiro atoms. The second kappa shape index (κ2) is 4.76. The maximum absolute atomic E-state index is 10.5. The average Bonchev–Trinajstić information content (AvgIpc) is 1.99. The number of carbonyl (C=O) groups excluding carboxylic acids is 1. The lowest BCUT2D eigenvalue weighted by molar-refractivity contribution is -0.158. The van der Waals surface area contributed by atoms with Crippen LogP contribution in [-0.4, -0.2) is 19.4 Å². The van der Waals surface area contributed by atoms with Gasteiger partial charge in [0.05, 0.1) is 0 Å². The Bertz CT molecular complexity index is 140. The minimum atomic E-state index is -0.675. The van der Waals surface area contributed by atoms with Gasteiger partial charge in [-0.15, -0.1) is 0 Å². The van der Waals surface area contributed by atoms with Crippen molar-refractivity contribution in [3.63, 3.8) is 0 Å². The highest BCUT2D eigenvalue weighted by Gasteiger charge is 2.04. The molecule has 0 bridgehead atoms. The van der Waals surface area contributed by atoms with Gasteiger partial charge < -0.3 is 9.47 Å². The van der Waals surface area contributed by atoms with Crippen molar-refractivity contribution in [3.8, 4) is 0 Å². The molecule has 0 aromatic carbocycles. The largest absolute Gasteiger partial charge is 0.429 e. The summed E-state index contributed by atoms with van der Waals surface area (Å²) in [5.41, 5.74) is 0. The number of methoxy groups -OCH3 is 1. The molecule has 0 aromatic rings. The number of rotatable bonds is 4. The monoisotopic (exact) mass is 142 g/mol. The van der Waals surface area contributed by atoms with Crippen LogP contribution in [0.3, 0.4) is 0 Å². The van der Waals surface area contributed by atoms with Crippen molar-refractivity contribution in [1.29, 1.82) is 0 Å². The quantitative estimate of drug-likeness (QED) is 0.253. The van der Waals surface area contributed by atoms with Crippen LogP contribution in [0.4, 0.5) is 0 Å². The molecule has 0 saturated heterocycles. The third-order valence-corrected chi connectivity index (χ3v) is 0.824. The lowest BCUT2D eigenvalue weighted by atomic mass is 10.6. The highest BCUT2D eigenvalue weighted by atomic mass is 16.7. The zero-order chi connectivity index (χ0) is 7.98. The van der Waals surface area contributed by atoms with E-state index in [0.717, 1.165) is 6.08 Å². The topological polar surface area (TPSA) is 35.5 Å². The van der Waals surface area contributed by atoms with E-state index in [1.807, 2.05) is 0 Å². The van der Waals surface area contributed by atoms with E-state index in [2.05, 4.69) is 22.6 Å². The summed E-state index contributed by atoms with van der Waals surface area (Å²) in [6, 6.07) is 0. The molecule has 1 atom stereocenters. The van der Waals surface area contributed by atoms with Crippen molar-refractivity contribution in [3.05, 3.63) is 25.3 Å². The first kappa shape index (κ1) is 8.91. The fraction of sp³-hybridized carbons (Fsp3) is 0.286. The van der Waals surface area contributed by atoms with Gasteiger partial charge in [-0.3, -0.25) is 0 Å². The molecule has 0 saturated carbocycles. The standard InChI is InChI=1S/C7H10O3/c1-4-6(8)10-7(5-2)9-3/h4-5,7H,1-2H2,3H3. The molecule has 0 radical (unpaired) electrons. The Hall–Kier alpha value is -1.09. The van der Waals surface area contributed by atoms with Gasteiger partial charge in [0.15, 0.2) is 0 Å². The Morgan fingerprint density at radius 3 is 2.50 bits per heavy atom. The summed E-state index contributed by atoms with van der Waals surface area (Å²) in [6.45, 7) is 6.60. The summed E-state index contributed by atoms with van der Waals surface area (Å²) < 4.78 is 9.26. The van der Waals surface area contributed by atoms with Gasteiger partial charge in [0.1, 0.15) is 0 Å². The second-order valence-electron chi connectivity index (χ2n) is 1.48. The summed E-state index contributed by atoms with van der Waals surface area (Å²) >= 11 is 0. The number of hydrogen-bond acceptors (Lipinski definition) is 3. The van der Waals surface area contributed by atoms with Gasteiger partial charge in [0, 0.05) is 13.2 Å². The predicted octanol–water partition coefficient (Wildman–Crippen LogP) is 0.874. The van der Waals surface area contributed by atoms with E-state index in [9.17, 15) is 4.79 Å². The van der Waals surface area contributed by atoms with E-state index < -0.39 is 12.3 Å². The van der Waals surface area contributed by atoms with Crippen molar-refractivity contribution in [2.75, 3.05) is 7.11 Å². The molecule has 3 nitrogen and oxygen atoms in total. The third-order valence-electron chi connectivity index (χ3n) is 0.824. The SMILES string of the molecule is C=CC(=O)OC(C=C)OC. The molecule has 3 heteroatoms. The molecule has 0 aliphatic carbocycles. The summed E-state index contributed by atoms with van der Waals surface area (Å²) in [7, 11) is 1.42. The predicted molar refractivity (Wildman–Crippen MR) is 37.3 cm³/mol. The molecule has 1 unspecified atom stereocenters. The Morgan fingerprint density at radius 1 is 1.60 bits per heavy atom. The van der Waals surface area contributed by atoms with E-state index in [0.29, 0.717) is 0 Å². The molecule has 0 aliphatic heterocycles. The lowest BCUT2D eigenvalue weighted by Crippen LogP contribution is -2.15. The maximum Gasteiger partial charge on any atom is 0.332 e. The van der Waals surface area contributed by atoms with Crippen LogP contribution in [0.5, 0.6) is 0 Å². The van der Waals surface area contributed by atoms with Crippen LogP contribution in [-0.2, 0) is 14.3 Å². The molecule has 0 aromatic heterocycles. The van der Waals surface area contributed by atoms with Gasteiger partial charge in [-0.05, 0) is 6.08 Å². The average molecular weight is 142 g/mol. The first-order valence-electron chi connectivity index (χ1n) is 2.73. The molecular formula is C7H10O3. The maximum atomic E-state index is 10.5. The minimum Gasteiger partial charge on any atom is -0.429 e. The van der Waals surface area contributed by atoms with Crippen molar-refractivity contribution in [2.24, 2.45) is 0 Å². The molecular weight excluding hydrogens is 132 g/mol. The van der Waals surface area contributed by atoms with E-state index in [1.54, 1.807) is 0 Å². The highest BCUT2D eigenvalue weighted by molar-refractivity contribution is 5.81. The third kappa shape index (κ3) is 3.04. The van der Waals surface area contributed by atoms with E-state index in [-0.39, 0.29) is 0 Å². The fourth-order valence-electron chi connectivity index (χ4n) is 0.355. The summed E-state index contributed by atoms with van der Waals surface area (Å²) in [4.78, 5) is 10.5. The minimum absolute atomic E-state index is 0.522. The van der Waals surface area contributed by atoms with Crippen LogP contribution in [0.15, 0.2) is 25.3 Å². The van der Waals surface area contributed by atoms with Crippen LogP contribution >= 0.6 is 0 Å². The molecule has 0 N–H and O–H groups in total. The van der Waals surface area contributed by atoms with Crippen molar-refractivity contribution in [2.45, 2.75) is 6.29 Å². The number of ether oxygens (including phenoxy) is 2. The first-order valence-corrected chi connectivity index (χ1v) is 2.73. The number of carbonyl (C=O) groups is 1. The van der Waals surface area contributed by atoms with Gasteiger partial charge in [-0.25, -0.2) is 4.79 Å². The lowest BCUT2D eigenvalue weighted by Gasteiger charge is -2.08. The fourth-order valence-corrected chi connectivity index (χ4v) is 0.355. The Morgan fingerprint density at radius 2 is 2.20 bits per heavy atom. The zero-order valence-corrected chi connectivity index (χ0v) is 5.87. The van der Waals surface area contributed by atoms with E-state index in [4.69, 9.17) is 0 Å². The van der Waals surface area contributed by atoms with Crippen LogP contribution in [0.2, 0.25) is 0 Å². The van der Waals surface area contributed by atoms with Gasteiger partial charge in [-0.2, -0.15) is 0 Å². The van der Waals surface area contributed by atoms with Gasteiger partial charge in [0.25, 0.3) is 0 Å². The smallest absolute Gasteiger partial charge is 0.332 e. The van der Waals surface area contributed by atoms with E-state index >= 15 is 0 Å². The Kier molecular flexibility index (Phi) is 4.24. The highest BCUT2D eigenvalue weighted by Crippen LogP contribution is 1.94. The zero-order valence-electron chi connectivity index (χ0n) is 5.87. The molecule has 0 heterocycles. The second-order valence-corrected chi connectivity index (χ2v) is 1.48. The summed E-state index contributed by atoms with van der Waals surface area (Å²) in [5, 5.41) is 0. The molecule has 0 fully saturated rings. The molecule has 10 heavy (non-hydrogen) atoms. The number of hydrogen-bond donors (Lipinski definition) is 0. The molecule has 56 valence electrons. The van der Waals surface area contributed by atoms with Crippen LogP contribution in [0.1, 0.15) is 0 Å². The van der Waals surface area contributed by atoms with Gasteiger partial charge in [-0.1, -0.05) is 13.2 Å². The van der Waals surface area contributed by atoms with Crippen LogP contribution in [0, 0.1) is 0 Å². The normalized spacial score (nSPS) is 11.7. The van der Waals surface area contributed by atoms with Crippen LogP contribution in [0.25, 0.3) is 0 Å². The Labute approximate surface area is 59.9 Å².